The van der Waals surface area contributed by atoms with Crippen molar-refractivity contribution in [3.05, 3.63) is 32.2 Å². The van der Waals surface area contributed by atoms with E-state index >= 15 is 0 Å². The standard InChI is InChI=1S/C14H17BrN2O4/c1-7-3-4-9(14(20)21)6-17(7)13(19)10-5-11(15)8(2)16-12(10)18/h5,7,9H,3-4,6H2,1-2H3,(H,16,18)(H,20,21). The Balaban J connectivity index is 2.32. The highest BCUT2D eigenvalue weighted by atomic mass is 79.9. The average Bonchev–Trinajstić information content (AvgIpc) is 2.42. The number of carboxylic acid groups (broad SMARTS) is 1. The third kappa shape index (κ3) is 3.18. The zero-order valence-corrected chi connectivity index (χ0v) is 13.4. The van der Waals surface area contributed by atoms with E-state index in [0.717, 1.165) is 0 Å². The van der Waals surface area contributed by atoms with Crippen molar-refractivity contribution in [2.45, 2.75) is 32.7 Å². The highest BCUT2D eigenvalue weighted by Gasteiger charge is 2.33. The third-order valence-electron chi connectivity index (χ3n) is 3.90. The van der Waals surface area contributed by atoms with Crippen LogP contribution in [0.4, 0.5) is 0 Å². The zero-order chi connectivity index (χ0) is 15.7. The quantitative estimate of drug-likeness (QED) is 0.844. The number of amides is 1. The molecule has 1 aromatic rings. The second-order valence-corrected chi connectivity index (χ2v) is 6.26. The number of aliphatic carboxylic acids is 1. The number of carbonyl (C=O) groups excluding carboxylic acids is 1. The smallest absolute Gasteiger partial charge is 0.308 e. The molecule has 0 spiro atoms. The largest absolute Gasteiger partial charge is 0.481 e. The number of aromatic nitrogens is 1. The molecule has 7 heteroatoms. The maximum atomic E-state index is 12.6. The minimum absolute atomic E-state index is 0.0327. The number of carboxylic acids is 1. The van der Waals surface area contributed by atoms with Crippen molar-refractivity contribution in [3.63, 3.8) is 0 Å². The summed E-state index contributed by atoms with van der Waals surface area (Å²) in [6, 6.07) is 1.42. The highest BCUT2D eigenvalue weighted by Crippen LogP contribution is 2.24. The molecule has 2 heterocycles. The molecule has 1 fully saturated rings. The maximum absolute atomic E-state index is 12.6. The van der Waals surface area contributed by atoms with Crippen LogP contribution in [0.2, 0.25) is 0 Å². The number of hydrogen-bond acceptors (Lipinski definition) is 3. The lowest BCUT2D eigenvalue weighted by molar-refractivity contribution is -0.143. The lowest BCUT2D eigenvalue weighted by atomic mass is 9.93. The summed E-state index contributed by atoms with van der Waals surface area (Å²) in [6.45, 7) is 3.73. The molecule has 6 nitrogen and oxygen atoms in total. The lowest BCUT2D eigenvalue weighted by Crippen LogP contribution is -2.48. The normalized spacial score (nSPS) is 22.1. The van der Waals surface area contributed by atoms with Gasteiger partial charge >= 0.3 is 5.97 Å². The van der Waals surface area contributed by atoms with Crippen LogP contribution in [-0.4, -0.2) is 39.5 Å². The van der Waals surface area contributed by atoms with Gasteiger partial charge in [-0.3, -0.25) is 14.4 Å². The number of aromatic amines is 1. The summed E-state index contributed by atoms with van der Waals surface area (Å²) in [6.07, 6.45) is 1.17. The Morgan fingerprint density at radius 3 is 2.71 bits per heavy atom. The highest BCUT2D eigenvalue weighted by molar-refractivity contribution is 9.10. The number of carbonyl (C=O) groups is 2. The molecule has 114 valence electrons. The van der Waals surface area contributed by atoms with Crippen LogP contribution in [0.3, 0.4) is 0 Å². The molecule has 1 aromatic heterocycles. The van der Waals surface area contributed by atoms with Crippen molar-refractivity contribution in [1.82, 2.24) is 9.88 Å². The predicted octanol–water partition coefficient (Wildman–Crippen LogP) is 1.77. The minimum Gasteiger partial charge on any atom is -0.481 e. The molecule has 0 saturated carbocycles. The summed E-state index contributed by atoms with van der Waals surface area (Å²) in [5.41, 5.74) is 0.224. The Morgan fingerprint density at radius 1 is 1.43 bits per heavy atom. The van der Waals surface area contributed by atoms with Gasteiger partial charge in [0.2, 0.25) is 0 Å². The van der Waals surface area contributed by atoms with E-state index in [2.05, 4.69) is 20.9 Å². The predicted molar refractivity (Wildman–Crippen MR) is 80.4 cm³/mol. The van der Waals surface area contributed by atoms with Gasteiger partial charge in [0.1, 0.15) is 5.56 Å². The topological polar surface area (TPSA) is 90.5 Å². The van der Waals surface area contributed by atoms with Gasteiger partial charge in [0.05, 0.1) is 5.92 Å². The van der Waals surface area contributed by atoms with E-state index in [1.807, 2.05) is 6.92 Å². The van der Waals surface area contributed by atoms with Crippen LogP contribution < -0.4 is 5.56 Å². The molecule has 0 bridgehead atoms. The number of nitrogens with zero attached hydrogens (tertiary/aromatic N) is 1. The van der Waals surface area contributed by atoms with Crippen molar-refractivity contribution >= 4 is 27.8 Å². The second kappa shape index (κ2) is 6.01. The maximum Gasteiger partial charge on any atom is 0.308 e. The van der Waals surface area contributed by atoms with Gasteiger partial charge in [0, 0.05) is 22.8 Å². The summed E-state index contributed by atoms with van der Waals surface area (Å²) in [5.74, 6) is -1.90. The first-order valence-electron chi connectivity index (χ1n) is 6.74. The third-order valence-corrected chi connectivity index (χ3v) is 4.72. The van der Waals surface area contributed by atoms with Gasteiger partial charge in [0.25, 0.3) is 11.5 Å². The molecule has 2 rings (SSSR count). The molecule has 1 amide bonds. The zero-order valence-electron chi connectivity index (χ0n) is 11.9. The van der Waals surface area contributed by atoms with Gasteiger partial charge in [-0.15, -0.1) is 0 Å². The van der Waals surface area contributed by atoms with Crippen LogP contribution in [-0.2, 0) is 4.79 Å². The Morgan fingerprint density at radius 2 is 2.10 bits per heavy atom. The fourth-order valence-corrected chi connectivity index (χ4v) is 2.83. The molecule has 2 atom stereocenters. The number of hydrogen-bond donors (Lipinski definition) is 2. The fraction of sp³-hybridized carbons (Fsp3) is 0.500. The van der Waals surface area contributed by atoms with E-state index in [-0.39, 0.29) is 18.2 Å². The molecule has 2 unspecified atom stereocenters. The van der Waals surface area contributed by atoms with Crippen molar-refractivity contribution in [3.8, 4) is 0 Å². The molecule has 0 aliphatic carbocycles. The Kier molecular flexibility index (Phi) is 4.51. The van der Waals surface area contributed by atoms with E-state index in [1.54, 1.807) is 6.92 Å². The molecule has 1 aliphatic heterocycles. The Bertz CT molecular complexity index is 640. The lowest BCUT2D eigenvalue weighted by Gasteiger charge is -2.36. The van der Waals surface area contributed by atoms with Crippen LogP contribution in [0.5, 0.6) is 0 Å². The van der Waals surface area contributed by atoms with Crippen LogP contribution in [0.1, 0.15) is 35.8 Å². The monoisotopic (exact) mass is 356 g/mol. The first-order valence-corrected chi connectivity index (χ1v) is 7.53. The second-order valence-electron chi connectivity index (χ2n) is 5.40. The number of piperidine rings is 1. The minimum atomic E-state index is -0.904. The van der Waals surface area contributed by atoms with Gasteiger partial charge < -0.3 is 15.0 Å². The Labute approximate surface area is 130 Å². The number of halogens is 1. The SMILES string of the molecule is Cc1[nH]c(=O)c(C(=O)N2CC(C(=O)O)CCC2C)cc1Br. The van der Waals surface area contributed by atoms with E-state index in [1.165, 1.54) is 11.0 Å². The van der Waals surface area contributed by atoms with E-state index in [0.29, 0.717) is 23.0 Å². The first-order chi connectivity index (χ1) is 9.81. The molecule has 1 saturated heterocycles. The van der Waals surface area contributed by atoms with Gasteiger partial charge in [-0.2, -0.15) is 0 Å². The number of nitrogens with one attached hydrogen (secondary N) is 1. The van der Waals surface area contributed by atoms with E-state index in [9.17, 15) is 14.4 Å². The van der Waals surface area contributed by atoms with Crippen molar-refractivity contribution in [2.24, 2.45) is 5.92 Å². The molecular weight excluding hydrogens is 340 g/mol. The number of likely N-dealkylation sites (tertiary alicyclic amines) is 1. The summed E-state index contributed by atoms with van der Waals surface area (Å²) in [4.78, 5) is 39.7. The van der Waals surface area contributed by atoms with Crippen LogP contribution in [0.25, 0.3) is 0 Å². The van der Waals surface area contributed by atoms with Crippen molar-refractivity contribution in [2.75, 3.05) is 6.54 Å². The van der Waals surface area contributed by atoms with Gasteiger partial charge in [0.15, 0.2) is 0 Å². The number of pyridine rings is 1. The van der Waals surface area contributed by atoms with Gasteiger partial charge in [-0.1, -0.05) is 0 Å². The molecule has 2 N–H and O–H groups in total. The number of aryl methyl sites for hydroxylation is 1. The molecule has 0 aromatic carbocycles. The van der Waals surface area contributed by atoms with Gasteiger partial charge in [-0.05, 0) is 48.7 Å². The van der Waals surface area contributed by atoms with Crippen molar-refractivity contribution in [1.29, 1.82) is 0 Å². The van der Waals surface area contributed by atoms with Crippen LogP contribution in [0.15, 0.2) is 15.3 Å². The molecule has 1 aliphatic rings. The summed E-state index contributed by atoms with van der Waals surface area (Å²) in [5, 5.41) is 9.12. The summed E-state index contributed by atoms with van der Waals surface area (Å²) in [7, 11) is 0. The fourth-order valence-electron chi connectivity index (χ4n) is 2.50. The molecule has 21 heavy (non-hydrogen) atoms. The van der Waals surface area contributed by atoms with Crippen molar-refractivity contribution < 1.29 is 14.7 Å². The summed E-state index contributed by atoms with van der Waals surface area (Å²) < 4.78 is 0.643. The van der Waals surface area contributed by atoms with E-state index < -0.39 is 23.4 Å². The summed E-state index contributed by atoms with van der Waals surface area (Å²) >= 11 is 3.29. The molecular formula is C14H17BrN2O4. The first kappa shape index (κ1) is 15.8. The molecule has 0 radical (unpaired) electrons. The number of H-pyrrole nitrogens is 1. The average molecular weight is 357 g/mol. The van der Waals surface area contributed by atoms with Crippen LogP contribution >= 0.6 is 15.9 Å². The van der Waals surface area contributed by atoms with E-state index in [4.69, 9.17) is 5.11 Å². The van der Waals surface area contributed by atoms with Crippen LogP contribution in [0, 0.1) is 12.8 Å². The van der Waals surface area contributed by atoms with Gasteiger partial charge in [-0.25, -0.2) is 0 Å². The Hall–Kier alpha value is -1.63. The number of rotatable bonds is 2.